The van der Waals surface area contributed by atoms with Crippen molar-refractivity contribution < 1.29 is 0 Å². The van der Waals surface area contributed by atoms with Crippen LogP contribution in [0, 0.1) is 29.1 Å². The predicted molar refractivity (Wildman–Crippen MR) is 70.8 cm³/mol. The maximum Gasteiger partial charge on any atom is 0.149 e. The van der Waals surface area contributed by atoms with Crippen LogP contribution in [0.4, 0.5) is 11.5 Å². The Morgan fingerprint density at radius 3 is 2.56 bits per heavy atom. The van der Waals surface area contributed by atoms with E-state index >= 15 is 0 Å². The molecule has 2 aliphatic carbocycles. The minimum atomic E-state index is 0.513. The quantitative estimate of drug-likeness (QED) is 0.831. The second-order valence-electron chi connectivity index (χ2n) is 5.49. The number of nitrogens with two attached hydrogens (primary N) is 1. The minimum Gasteiger partial charge on any atom is -0.396 e. The fourth-order valence-corrected chi connectivity index (χ4v) is 2.67. The third-order valence-corrected chi connectivity index (χ3v) is 4.01. The van der Waals surface area contributed by atoms with E-state index < -0.39 is 0 Å². The van der Waals surface area contributed by atoms with Crippen molar-refractivity contribution in [1.82, 2.24) is 4.98 Å². The van der Waals surface area contributed by atoms with Crippen LogP contribution in [0.5, 0.6) is 0 Å². The van der Waals surface area contributed by atoms with E-state index in [4.69, 9.17) is 11.0 Å². The van der Waals surface area contributed by atoms with Gasteiger partial charge in [0.25, 0.3) is 0 Å². The first kappa shape index (κ1) is 11.3. The number of pyridine rings is 1. The summed E-state index contributed by atoms with van der Waals surface area (Å²) < 4.78 is 0. The largest absolute Gasteiger partial charge is 0.396 e. The summed E-state index contributed by atoms with van der Waals surface area (Å²) in [6.07, 6.45) is 7.12. The molecule has 4 heteroatoms. The standard InChI is InChI=1S/C14H18N4/c15-6-9-5-13(16)14(17-7-9)18-8-12(10-1-2-10)11-3-4-11/h5,7,10-12H,1-4,8,16H2,(H,17,18). The second kappa shape index (κ2) is 4.49. The van der Waals surface area contributed by atoms with E-state index in [2.05, 4.69) is 10.3 Å². The summed E-state index contributed by atoms with van der Waals surface area (Å²) in [5.74, 6) is 3.36. The van der Waals surface area contributed by atoms with Crippen LogP contribution in [0.3, 0.4) is 0 Å². The van der Waals surface area contributed by atoms with Crippen molar-refractivity contribution in [3.05, 3.63) is 17.8 Å². The molecule has 0 spiro atoms. The zero-order valence-corrected chi connectivity index (χ0v) is 10.4. The maximum absolute atomic E-state index is 8.77. The van der Waals surface area contributed by atoms with Crippen LogP contribution in [0.15, 0.2) is 12.3 Å². The number of hydrogen-bond donors (Lipinski definition) is 2. The molecule has 3 rings (SSSR count). The molecule has 0 amide bonds. The van der Waals surface area contributed by atoms with Gasteiger partial charge in [-0.2, -0.15) is 5.26 Å². The van der Waals surface area contributed by atoms with Gasteiger partial charge in [-0.15, -0.1) is 0 Å². The van der Waals surface area contributed by atoms with Crippen LogP contribution in [0.1, 0.15) is 31.2 Å². The normalized spacial score (nSPS) is 18.7. The second-order valence-corrected chi connectivity index (χ2v) is 5.49. The highest BCUT2D eigenvalue weighted by Gasteiger charge is 2.41. The van der Waals surface area contributed by atoms with Gasteiger partial charge in [0.15, 0.2) is 0 Å². The fourth-order valence-electron chi connectivity index (χ4n) is 2.67. The van der Waals surface area contributed by atoms with Crippen molar-refractivity contribution in [3.8, 4) is 6.07 Å². The number of hydrogen-bond acceptors (Lipinski definition) is 4. The van der Waals surface area contributed by atoms with E-state index in [1.165, 1.54) is 25.7 Å². The van der Waals surface area contributed by atoms with Gasteiger partial charge in [0.1, 0.15) is 11.9 Å². The Morgan fingerprint density at radius 1 is 1.39 bits per heavy atom. The lowest BCUT2D eigenvalue weighted by atomic mass is 9.98. The highest BCUT2D eigenvalue weighted by atomic mass is 15.0. The van der Waals surface area contributed by atoms with Gasteiger partial charge < -0.3 is 11.1 Å². The van der Waals surface area contributed by atoms with Crippen molar-refractivity contribution in [2.45, 2.75) is 25.7 Å². The van der Waals surface area contributed by atoms with Gasteiger partial charge in [-0.3, -0.25) is 0 Å². The van der Waals surface area contributed by atoms with Crippen LogP contribution in [-0.2, 0) is 0 Å². The van der Waals surface area contributed by atoms with Gasteiger partial charge in [0, 0.05) is 12.7 Å². The zero-order chi connectivity index (χ0) is 12.5. The summed E-state index contributed by atoms with van der Waals surface area (Å²) in [7, 11) is 0. The molecule has 2 saturated carbocycles. The number of aromatic nitrogens is 1. The van der Waals surface area contributed by atoms with Gasteiger partial charge >= 0.3 is 0 Å². The third-order valence-electron chi connectivity index (χ3n) is 4.01. The lowest BCUT2D eigenvalue weighted by Gasteiger charge is -2.17. The predicted octanol–water partition coefficient (Wildman–Crippen LogP) is 2.38. The molecule has 4 nitrogen and oxygen atoms in total. The van der Waals surface area contributed by atoms with Crippen molar-refractivity contribution >= 4 is 11.5 Å². The van der Waals surface area contributed by atoms with Crippen LogP contribution in [0.25, 0.3) is 0 Å². The van der Waals surface area contributed by atoms with Gasteiger partial charge in [0.2, 0.25) is 0 Å². The first-order chi connectivity index (χ1) is 8.78. The van der Waals surface area contributed by atoms with Crippen molar-refractivity contribution in [2.24, 2.45) is 17.8 Å². The molecule has 0 aromatic carbocycles. The molecule has 0 aliphatic heterocycles. The molecule has 0 radical (unpaired) electrons. The Labute approximate surface area is 107 Å². The summed E-state index contributed by atoms with van der Waals surface area (Å²) in [6.45, 7) is 0.971. The molecule has 1 aromatic heterocycles. The highest BCUT2D eigenvalue weighted by molar-refractivity contribution is 5.63. The van der Waals surface area contributed by atoms with Gasteiger partial charge in [-0.25, -0.2) is 4.98 Å². The summed E-state index contributed by atoms with van der Waals surface area (Å²) >= 11 is 0. The minimum absolute atomic E-state index is 0.513. The Morgan fingerprint density at radius 2 is 2.06 bits per heavy atom. The molecular formula is C14H18N4. The average Bonchev–Trinajstić information content (AvgIpc) is 3.25. The SMILES string of the molecule is N#Cc1cnc(NCC(C2CC2)C2CC2)c(N)c1. The van der Waals surface area contributed by atoms with E-state index in [0.717, 1.165) is 30.1 Å². The van der Waals surface area contributed by atoms with Gasteiger partial charge in [0.05, 0.1) is 11.3 Å². The summed E-state index contributed by atoms with van der Waals surface area (Å²) in [6, 6.07) is 3.73. The van der Waals surface area contributed by atoms with Crippen molar-refractivity contribution in [2.75, 3.05) is 17.6 Å². The number of nitrogens with one attached hydrogen (secondary N) is 1. The van der Waals surface area contributed by atoms with E-state index in [1.54, 1.807) is 12.3 Å². The molecule has 94 valence electrons. The number of nitrogens with zero attached hydrogens (tertiary/aromatic N) is 2. The molecule has 0 unspecified atom stereocenters. The molecule has 1 heterocycles. The number of nitrogen functional groups attached to an aromatic ring is 1. The van der Waals surface area contributed by atoms with Crippen LogP contribution < -0.4 is 11.1 Å². The topological polar surface area (TPSA) is 74.7 Å². The molecule has 2 fully saturated rings. The lowest BCUT2D eigenvalue weighted by molar-refractivity contribution is 0.428. The van der Waals surface area contributed by atoms with E-state index in [9.17, 15) is 0 Å². The maximum atomic E-state index is 8.77. The Hall–Kier alpha value is -1.76. The van der Waals surface area contributed by atoms with Gasteiger partial charge in [-0.05, 0) is 49.5 Å². The first-order valence-electron chi connectivity index (χ1n) is 6.67. The zero-order valence-electron chi connectivity index (χ0n) is 10.4. The molecule has 1 aromatic rings. The molecule has 2 aliphatic rings. The van der Waals surface area contributed by atoms with E-state index in [-0.39, 0.29) is 0 Å². The Balaban J connectivity index is 1.63. The van der Waals surface area contributed by atoms with Crippen LogP contribution in [0.2, 0.25) is 0 Å². The summed E-state index contributed by atoms with van der Waals surface area (Å²) in [5, 5.41) is 12.1. The molecule has 3 N–H and O–H groups in total. The van der Waals surface area contributed by atoms with E-state index in [1.807, 2.05) is 6.07 Å². The fraction of sp³-hybridized carbons (Fsp3) is 0.571. The molecule has 0 bridgehead atoms. The molecule has 18 heavy (non-hydrogen) atoms. The average molecular weight is 242 g/mol. The Bertz CT molecular complexity index is 471. The number of nitriles is 1. The van der Waals surface area contributed by atoms with Crippen molar-refractivity contribution in [3.63, 3.8) is 0 Å². The number of rotatable bonds is 5. The lowest BCUT2D eigenvalue weighted by Crippen LogP contribution is -2.19. The van der Waals surface area contributed by atoms with Crippen LogP contribution >= 0.6 is 0 Å². The number of anilines is 2. The molecular weight excluding hydrogens is 224 g/mol. The van der Waals surface area contributed by atoms with Crippen molar-refractivity contribution in [1.29, 1.82) is 5.26 Å². The third kappa shape index (κ3) is 2.40. The van der Waals surface area contributed by atoms with Crippen LogP contribution in [-0.4, -0.2) is 11.5 Å². The monoisotopic (exact) mass is 242 g/mol. The molecule has 0 saturated heterocycles. The Kier molecular flexibility index (Phi) is 2.83. The highest BCUT2D eigenvalue weighted by Crippen LogP contribution is 2.49. The smallest absolute Gasteiger partial charge is 0.149 e. The van der Waals surface area contributed by atoms with E-state index in [0.29, 0.717) is 11.3 Å². The summed E-state index contributed by atoms with van der Waals surface area (Å²) in [5.41, 5.74) is 6.97. The molecule has 0 atom stereocenters. The first-order valence-corrected chi connectivity index (χ1v) is 6.67. The van der Waals surface area contributed by atoms with Gasteiger partial charge in [-0.1, -0.05) is 0 Å². The summed E-state index contributed by atoms with van der Waals surface area (Å²) in [4.78, 5) is 4.22.